The summed E-state index contributed by atoms with van der Waals surface area (Å²) in [5.41, 5.74) is 5.90. The van der Waals surface area contributed by atoms with E-state index in [0.29, 0.717) is 37.6 Å². The van der Waals surface area contributed by atoms with Crippen molar-refractivity contribution in [1.82, 2.24) is 4.90 Å². The van der Waals surface area contributed by atoms with Gasteiger partial charge in [-0.1, -0.05) is 6.07 Å². The van der Waals surface area contributed by atoms with Gasteiger partial charge in [0.1, 0.15) is 11.4 Å². The number of hydrogen-bond donors (Lipinski definition) is 2. The number of thiocarbonyl (C=S) groups is 1. The lowest BCUT2D eigenvalue weighted by Crippen LogP contribution is -2.50. The molecule has 2 rings (SSSR count). The molecule has 132 valence electrons. The van der Waals surface area contributed by atoms with Crippen molar-refractivity contribution >= 4 is 34.8 Å². The largest absolute Gasteiger partial charge is 0.444 e. The number of ether oxygens (including phenoxy) is 1. The second-order valence-corrected chi connectivity index (χ2v) is 7.02. The Morgan fingerprint density at radius 1 is 1.29 bits per heavy atom. The number of hydrogen-bond acceptors (Lipinski definition) is 4. The molecule has 0 bridgehead atoms. The third kappa shape index (κ3) is 4.70. The summed E-state index contributed by atoms with van der Waals surface area (Å²) < 4.78 is 19.7. The predicted molar refractivity (Wildman–Crippen MR) is 96.8 cm³/mol. The van der Waals surface area contributed by atoms with Gasteiger partial charge in [-0.25, -0.2) is 9.18 Å². The second-order valence-electron chi connectivity index (χ2n) is 6.58. The maximum Gasteiger partial charge on any atom is 0.410 e. The first-order chi connectivity index (χ1) is 11.2. The molecule has 0 aromatic heterocycles. The lowest BCUT2D eigenvalue weighted by Gasteiger charge is -2.37. The zero-order chi connectivity index (χ0) is 17.9. The fourth-order valence-corrected chi connectivity index (χ4v) is 2.62. The van der Waals surface area contributed by atoms with E-state index in [-0.39, 0.29) is 17.0 Å². The van der Waals surface area contributed by atoms with E-state index in [4.69, 9.17) is 22.7 Å². The van der Waals surface area contributed by atoms with E-state index in [1.807, 2.05) is 25.7 Å². The minimum Gasteiger partial charge on any atom is -0.444 e. The van der Waals surface area contributed by atoms with Crippen molar-refractivity contribution in [2.75, 3.05) is 36.4 Å². The molecule has 8 heteroatoms. The lowest BCUT2D eigenvalue weighted by molar-refractivity contribution is 0.0240. The fraction of sp³-hybridized carbons (Fsp3) is 0.500. The minimum atomic E-state index is -0.534. The van der Waals surface area contributed by atoms with Gasteiger partial charge in [0.15, 0.2) is 5.11 Å². The number of carbonyl (C=O) groups is 1. The molecule has 1 fully saturated rings. The average molecular weight is 354 g/mol. The van der Waals surface area contributed by atoms with Crippen LogP contribution in [-0.4, -0.2) is 47.9 Å². The molecule has 1 saturated heterocycles. The van der Waals surface area contributed by atoms with Crippen LogP contribution in [0.4, 0.5) is 20.6 Å². The highest BCUT2D eigenvalue weighted by Gasteiger charge is 2.27. The Labute approximate surface area is 146 Å². The van der Waals surface area contributed by atoms with Crippen molar-refractivity contribution in [2.24, 2.45) is 5.73 Å². The number of rotatable bonds is 2. The van der Waals surface area contributed by atoms with Gasteiger partial charge >= 0.3 is 6.09 Å². The van der Waals surface area contributed by atoms with Crippen LogP contribution in [0.15, 0.2) is 18.2 Å². The molecule has 0 aliphatic carbocycles. The van der Waals surface area contributed by atoms with Crippen molar-refractivity contribution in [3.63, 3.8) is 0 Å². The number of carbonyl (C=O) groups excluding carboxylic acids is 1. The smallest absolute Gasteiger partial charge is 0.410 e. The highest BCUT2D eigenvalue weighted by Crippen LogP contribution is 2.30. The summed E-state index contributed by atoms with van der Waals surface area (Å²) in [6.07, 6.45) is -0.350. The third-order valence-corrected chi connectivity index (χ3v) is 3.59. The molecule has 1 aliphatic heterocycles. The molecular formula is C16H23FN4O2S. The molecule has 1 amide bonds. The van der Waals surface area contributed by atoms with Crippen molar-refractivity contribution < 1.29 is 13.9 Å². The van der Waals surface area contributed by atoms with Crippen LogP contribution in [0, 0.1) is 5.82 Å². The molecule has 1 aliphatic rings. The van der Waals surface area contributed by atoms with Crippen LogP contribution in [0.2, 0.25) is 0 Å². The molecule has 0 radical (unpaired) electrons. The highest BCUT2D eigenvalue weighted by atomic mass is 32.1. The molecule has 6 nitrogen and oxygen atoms in total. The number of nitrogens with one attached hydrogen (secondary N) is 1. The Hall–Kier alpha value is -2.09. The van der Waals surface area contributed by atoms with E-state index in [1.165, 1.54) is 6.07 Å². The van der Waals surface area contributed by atoms with Crippen LogP contribution in [0.3, 0.4) is 0 Å². The molecular weight excluding hydrogens is 331 g/mol. The minimum absolute atomic E-state index is 0.0780. The summed E-state index contributed by atoms with van der Waals surface area (Å²) >= 11 is 4.84. The summed E-state index contributed by atoms with van der Waals surface area (Å²) in [6.45, 7) is 7.38. The van der Waals surface area contributed by atoms with Crippen LogP contribution >= 0.6 is 12.2 Å². The topological polar surface area (TPSA) is 70.8 Å². The van der Waals surface area contributed by atoms with Crippen LogP contribution in [0.5, 0.6) is 0 Å². The zero-order valence-electron chi connectivity index (χ0n) is 14.1. The number of amides is 1. The first kappa shape index (κ1) is 18.3. The summed E-state index contributed by atoms with van der Waals surface area (Å²) in [7, 11) is 0. The van der Waals surface area contributed by atoms with Gasteiger partial charge in [0, 0.05) is 26.2 Å². The van der Waals surface area contributed by atoms with Gasteiger partial charge in [0.2, 0.25) is 0 Å². The monoisotopic (exact) mass is 354 g/mol. The Bertz CT molecular complexity index is 625. The van der Waals surface area contributed by atoms with E-state index in [9.17, 15) is 9.18 Å². The van der Waals surface area contributed by atoms with E-state index < -0.39 is 5.60 Å². The van der Waals surface area contributed by atoms with Gasteiger partial charge < -0.3 is 25.6 Å². The molecule has 1 aromatic carbocycles. The van der Waals surface area contributed by atoms with Crippen LogP contribution in [0.25, 0.3) is 0 Å². The third-order valence-electron chi connectivity index (χ3n) is 3.49. The zero-order valence-corrected chi connectivity index (χ0v) is 15.0. The Morgan fingerprint density at radius 3 is 2.46 bits per heavy atom. The normalized spacial score (nSPS) is 15.2. The average Bonchev–Trinajstić information content (AvgIpc) is 2.45. The van der Waals surface area contributed by atoms with Crippen LogP contribution in [0.1, 0.15) is 20.8 Å². The van der Waals surface area contributed by atoms with Crippen LogP contribution < -0.4 is 16.0 Å². The number of nitrogens with zero attached hydrogens (tertiary/aromatic N) is 2. The summed E-state index contributed by atoms with van der Waals surface area (Å²) in [6, 6.07) is 4.70. The Kier molecular flexibility index (Phi) is 5.48. The van der Waals surface area contributed by atoms with Gasteiger partial charge in [-0.15, -0.1) is 0 Å². The molecule has 0 unspecified atom stereocenters. The summed E-state index contributed by atoms with van der Waals surface area (Å²) in [5.74, 6) is -0.359. The Morgan fingerprint density at radius 2 is 1.92 bits per heavy atom. The SMILES string of the molecule is CC(C)(C)OC(=O)N1CCN(c2c(F)cccc2NC(N)=S)CC1. The Balaban J connectivity index is 2.07. The van der Waals surface area contributed by atoms with E-state index in [2.05, 4.69) is 5.32 Å². The molecule has 1 aromatic rings. The number of piperazine rings is 1. The van der Waals surface area contributed by atoms with Gasteiger partial charge in [0.05, 0.1) is 11.4 Å². The predicted octanol–water partition coefficient (Wildman–Crippen LogP) is 2.54. The van der Waals surface area contributed by atoms with E-state index >= 15 is 0 Å². The number of anilines is 2. The number of benzene rings is 1. The van der Waals surface area contributed by atoms with Gasteiger partial charge in [-0.3, -0.25) is 0 Å². The van der Waals surface area contributed by atoms with Crippen molar-refractivity contribution in [2.45, 2.75) is 26.4 Å². The van der Waals surface area contributed by atoms with Gasteiger partial charge in [-0.05, 0) is 45.1 Å². The first-order valence-corrected chi connectivity index (χ1v) is 8.16. The molecule has 24 heavy (non-hydrogen) atoms. The maximum absolute atomic E-state index is 14.3. The molecule has 0 saturated carbocycles. The quantitative estimate of drug-likeness (QED) is 0.796. The van der Waals surface area contributed by atoms with Crippen molar-refractivity contribution in [1.29, 1.82) is 0 Å². The maximum atomic E-state index is 14.3. The molecule has 1 heterocycles. The number of para-hydroxylation sites is 1. The summed E-state index contributed by atoms with van der Waals surface area (Å²) in [5, 5.41) is 2.88. The highest BCUT2D eigenvalue weighted by molar-refractivity contribution is 7.80. The summed E-state index contributed by atoms with van der Waals surface area (Å²) in [4.78, 5) is 15.6. The van der Waals surface area contributed by atoms with Crippen molar-refractivity contribution in [3.8, 4) is 0 Å². The van der Waals surface area contributed by atoms with Crippen molar-refractivity contribution in [3.05, 3.63) is 24.0 Å². The lowest BCUT2D eigenvalue weighted by atomic mass is 10.2. The van der Waals surface area contributed by atoms with Gasteiger partial charge in [0.25, 0.3) is 0 Å². The number of nitrogens with two attached hydrogens (primary N) is 1. The van der Waals surface area contributed by atoms with E-state index in [1.54, 1.807) is 17.0 Å². The fourth-order valence-electron chi connectivity index (χ4n) is 2.51. The standard InChI is InChI=1S/C16H23FN4O2S/c1-16(2,3)23-15(22)21-9-7-20(8-10-21)13-11(17)5-4-6-12(13)19-14(18)24/h4-6H,7-10H2,1-3H3,(H3,18,19,24). The first-order valence-electron chi connectivity index (χ1n) is 7.75. The number of halogens is 1. The molecule has 3 N–H and O–H groups in total. The molecule has 0 atom stereocenters. The van der Waals surface area contributed by atoms with Crippen LogP contribution in [-0.2, 0) is 4.74 Å². The second kappa shape index (κ2) is 7.21. The van der Waals surface area contributed by atoms with E-state index in [0.717, 1.165) is 0 Å². The van der Waals surface area contributed by atoms with Gasteiger partial charge in [-0.2, -0.15) is 0 Å². The molecule has 0 spiro atoms.